The predicted molar refractivity (Wildman–Crippen MR) is 79.6 cm³/mol. The lowest BCUT2D eigenvalue weighted by Gasteiger charge is -2.27. The summed E-state index contributed by atoms with van der Waals surface area (Å²) in [7, 11) is 0. The predicted octanol–water partition coefficient (Wildman–Crippen LogP) is 0.861. The second kappa shape index (κ2) is 7.52. The molecule has 0 radical (unpaired) electrons. The number of carboxylic acid groups (broad SMARTS) is 1. The monoisotopic (exact) mass is 304 g/mol. The molecule has 2 amide bonds. The van der Waals surface area contributed by atoms with Gasteiger partial charge in [-0.3, -0.25) is 14.4 Å². The van der Waals surface area contributed by atoms with Crippen LogP contribution in [0.3, 0.4) is 0 Å². The van der Waals surface area contributed by atoms with Gasteiger partial charge in [-0.15, -0.1) is 11.8 Å². The van der Waals surface area contributed by atoms with E-state index < -0.39 is 11.5 Å². The lowest BCUT2D eigenvalue weighted by Crippen LogP contribution is -2.56. The normalized spacial score (nSPS) is 11.8. The first-order valence-electron chi connectivity index (χ1n) is 6.33. The molecule has 0 unspecified atom stereocenters. The van der Waals surface area contributed by atoms with Crippen LogP contribution in [0.25, 0.3) is 0 Å². The Hall–Kier alpha value is -1.24. The topological polar surface area (TPSA) is 95.5 Å². The van der Waals surface area contributed by atoms with E-state index in [9.17, 15) is 14.4 Å². The maximum absolute atomic E-state index is 12.0. The Morgan fingerprint density at radius 3 is 2.05 bits per heavy atom. The van der Waals surface area contributed by atoms with Gasteiger partial charge in [0.05, 0.1) is 11.5 Å². The van der Waals surface area contributed by atoms with E-state index >= 15 is 0 Å². The quantitative estimate of drug-likeness (QED) is 0.648. The molecule has 0 aliphatic carbocycles. The third-order valence-electron chi connectivity index (χ3n) is 2.26. The molecule has 6 nitrogen and oxygen atoms in total. The molecule has 116 valence electrons. The maximum atomic E-state index is 12.0. The summed E-state index contributed by atoms with van der Waals surface area (Å²) in [6, 6.07) is 0. The summed E-state index contributed by atoms with van der Waals surface area (Å²) < 4.78 is 0. The molecule has 0 aromatic heterocycles. The second-order valence-electron chi connectivity index (χ2n) is 6.30. The Bertz CT molecular complexity index is 375. The lowest BCUT2D eigenvalue weighted by atomic mass is 9.96. The van der Waals surface area contributed by atoms with Crippen LogP contribution in [-0.2, 0) is 14.4 Å². The summed E-state index contributed by atoms with van der Waals surface area (Å²) in [5.41, 5.74) is -1.06. The van der Waals surface area contributed by atoms with Crippen LogP contribution >= 0.6 is 11.8 Å². The zero-order valence-corrected chi connectivity index (χ0v) is 13.5. The zero-order valence-electron chi connectivity index (χ0n) is 12.7. The number of rotatable bonds is 7. The highest BCUT2D eigenvalue weighted by atomic mass is 32.2. The SMILES string of the molecule is CC(C)(C)CNC(=O)C(C)(C)NC(=O)CSCC(=O)O. The number of aliphatic carboxylic acids is 1. The van der Waals surface area contributed by atoms with Crippen molar-refractivity contribution in [3.63, 3.8) is 0 Å². The van der Waals surface area contributed by atoms with E-state index in [4.69, 9.17) is 5.11 Å². The molecule has 3 N–H and O–H groups in total. The molecule has 0 saturated heterocycles. The van der Waals surface area contributed by atoms with Gasteiger partial charge in [-0.25, -0.2) is 0 Å². The van der Waals surface area contributed by atoms with Gasteiger partial charge in [0.25, 0.3) is 0 Å². The van der Waals surface area contributed by atoms with E-state index in [1.165, 1.54) is 0 Å². The van der Waals surface area contributed by atoms with Crippen LogP contribution in [0.4, 0.5) is 0 Å². The van der Waals surface area contributed by atoms with Crippen molar-refractivity contribution in [2.75, 3.05) is 18.1 Å². The molecule has 0 saturated carbocycles. The van der Waals surface area contributed by atoms with Crippen LogP contribution in [0, 0.1) is 5.41 Å². The standard InChI is InChI=1S/C13H24N2O4S/c1-12(2,3)8-14-11(19)13(4,5)15-9(16)6-20-7-10(17)18/h6-8H2,1-5H3,(H,14,19)(H,15,16)(H,17,18). The van der Waals surface area contributed by atoms with Gasteiger partial charge in [0.1, 0.15) is 5.54 Å². The van der Waals surface area contributed by atoms with Crippen molar-refractivity contribution in [2.24, 2.45) is 5.41 Å². The lowest BCUT2D eigenvalue weighted by molar-refractivity contribution is -0.134. The number of hydrogen-bond acceptors (Lipinski definition) is 4. The molecule has 0 atom stereocenters. The largest absolute Gasteiger partial charge is 0.481 e. The molecule has 0 aliphatic rings. The third-order valence-corrected chi connectivity index (χ3v) is 3.17. The first kappa shape index (κ1) is 18.8. The second-order valence-corrected chi connectivity index (χ2v) is 7.29. The molecule has 7 heteroatoms. The van der Waals surface area contributed by atoms with Crippen LogP contribution in [-0.4, -0.2) is 46.5 Å². The van der Waals surface area contributed by atoms with Gasteiger partial charge in [-0.2, -0.15) is 0 Å². The number of thioether (sulfide) groups is 1. The Morgan fingerprint density at radius 1 is 1.05 bits per heavy atom. The van der Waals surface area contributed by atoms with Crippen molar-refractivity contribution in [3.8, 4) is 0 Å². The average Bonchev–Trinajstić information content (AvgIpc) is 2.23. The van der Waals surface area contributed by atoms with Crippen LogP contribution in [0.1, 0.15) is 34.6 Å². The summed E-state index contributed by atoms with van der Waals surface area (Å²) >= 11 is 0.996. The van der Waals surface area contributed by atoms with Crippen LogP contribution in [0.15, 0.2) is 0 Å². The van der Waals surface area contributed by atoms with Gasteiger partial charge in [-0.05, 0) is 19.3 Å². The minimum atomic E-state index is -1.02. The Morgan fingerprint density at radius 2 is 1.60 bits per heavy atom. The van der Waals surface area contributed by atoms with E-state index in [0.29, 0.717) is 6.54 Å². The zero-order chi connectivity index (χ0) is 16.0. The van der Waals surface area contributed by atoms with Crippen molar-refractivity contribution in [2.45, 2.75) is 40.2 Å². The third kappa shape index (κ3) is 8.79. The molecule has 0 fully saturated rings. The van der Waals surface area contributed by atoms with Gasteiger partial charge in [-0.1, -0.05) is 20.8 Å². The highest BCUT2D eigenvalue weighted by Crippen LogP contribution is 2.12. The minimum Gasteiger partial charge on any atom is -0.481 e. The van der Waals surface area contributed by atoms with Crippen LogP contribution in [0.5, 0.6) is 0 Å². The summed E-state index contributed by atoms with van der Waals surface area (Å²) in [5.74, 6) is -1.70. The molecule has 20 heavy (non-hydrogen) atoms. The molecule has 0 aromatic carbocycles. The highest BCUT2D eigenvalue weighted by molar-refractivity contribution is 8.00. The molecule has 0 heterocycles. The molecule has 0 aromatic rings. The fourth-order valence-electron chi connectivity index (χ4n) is 1.24. The number of hydrogen-bond donors (Lipinski definition) is 3. The first-order chi connectivity index (χ1) is 8.94. The van der Waals surface area contributed by atoms with Crippen molar-refractivity contribution in [3.05, 3.63) is 0 Å². The number of carbonyl (C=O) groups is 3. The molecule has 0 aliphatic heterocycles. The first-order valence-corrected chi connectivity index (χ1v) is 7.48. The van der Waals surface area contributed by atoms with Gasteiger partial charge in [0, 0.05) is 6.54 Å². The molecule has 0 rings (SSSR count). The maximum Gasteiger partial charge on any atom is 0.313 e. The minimum absolute atomic E-state index is 0.0162. The fourth-order valence-corrected chi connectivity index (χ4v) is 1.77. The van der Waals surface area contributed by atoms with E-state index in [0.717, 1.165) is 11.8 Å². The van der Waals surface area contributed by atoms with E-state index in [-0.39, 0.29) is 28.7 Å². The van der Waals surface area contributed by atoms with Crippen molar-refractivity contribution in [1.82, 2.24) is 10.6 Å². The molecule has 0 bridgehead atoms. The summed E-state index contributed by atoms with van der Waals surface area (Å²) in [6.07, 6.45) is 0. The van der Waals surface area contributed by atoms with Crippen molar-refractivity contribution >= 4 is 29.5 Å². The number of nitrogens with one attached hydrogen (secondary N) is 2. The van der Waals surface area contributed by atoms with Gasteiger partial charge < -0.3 is 15.7 Å². The van der Waals surface area contributed by atoms with Crippen LogP contribution < -0.4 is 10.6 Å². The summed E-state index contributed by atoms with van der Waals surface area (Å²) in [6.45, 7) is 9.75. The van der Waals surface area contributed by atoms with E-state index in [1.807, 2.05) is 20.8 Å². The Balaban J connectivity index is 4.25. The number of carbonyl (C=O) groups excluding carboxylic acids is 2. The highest BCUT2D eigenvalue weighted by Gasteiger charge is 2.29. The van der Waals surface area contributed by atoms with E-state index in [2.05, 4.69) is 10.6 Å². The molecule has 0 spiro atoms. The van der Waals surface area contributed by atoms with Gasteiger partial charge >= 0.3 is 5.97 Å². The average molecular weight is 304 g/mol. The molecular weight excluding hydrogens is 280 g/mol. The van der Waals surface area contributed by atoms with Crippen molar-refractivity contribution < 1.29 is 19.5 Å². The van der Waals surface area contributed by atoms with Crippen molar-refractivity contribution in [1.29, 1.82) is 0 Å². The fraction of sp³-hybridized carbons (Fsp3) is 0.769. The summed E-state index contributed by atoms with van der Waals surface area (Å²) in [5, 5.41) is 13.9. The molecular formula is C13H24N2O4S. The van der Waals surface area contributed by atoms with Gasteiger partial charge in [0.15, 0.2) is 0 Å². The Kier molecular flexibility index (Phi) is 7.05. The number of carboxylic acids is 1. The van der Waals surface area contributed by atoms with E-state index in [1.54, 1.807) is 13.8 Å². The van der Waals surface area contributed by atoms with Gasteiger partial charge in [0.2, 0.25) is 11.8 Å². The Labute approximate surface area is 124 Å². The number of amides is 2. The smallest absolute Gasteiger partial charge is 0.313 e. The summed E-state index contributed by atoms with van der Waals surface area (Å²) in [4.78, 5) is 34.0. The van der Waals surface area contributed by atoms with Crippen LogP contribution in [0.2, 0.25) is 0 Å².